The number of rotatable bonds is 4. The molecule has 1 N–H and O–H groups in total. The molecule has 2 aromatic carbocycles. The normalized spacial score (nSPS) is 16.4. The highest BCUT2D eigenvalue weighted by Gasteiger charge is 2.31. The number of piperazine rings is 1. The summed E-state index contributed by atoms with van der Waals surface area (Å²) in [6.07, 6.45) is 0. The van der Waals surface area contributed by atoms with Crippen molar-refractivity contribution in [1.82, 2.24) is 10.2 Å². The fourth-order valence-corrected chi connectivity index (χ4v) is 3.32. The molecule has 8 heteroatoms. The standard InChI is InChI=1S/C19H21N3O4.ClH/c1-13-11-14(22(24)25)7-8-15(13)19(23)21-10-9-20-12-17(21)16-5-3-4-6-18(16)26-2;/h3-8,11,17,20H,9-10,12H2,1-2H3;1H. The zero-order chi connectivity index (χ0) is 18.7. The zero-order valence-electron chi connectivity index (χ0n) is 15.2. The number of non-ortho nitro benzene ring substituents is 1. The second-order valence-corrected chi connectivity index (χ2v) is 6.22. The highest BCUT2D eigenvalue weighted by Crippen LogP contribution is 2.31. The molecule has 1 amide bonds. The van der Waals surface area contributed by atoms with E-state index < -0.39 is 4.92 Å². The summed E-state index contributed by atoms with van der Waals surface area (Å²) in [6.45, 7) is 3.60. The molecule has 1 aliphatic rings. The van der Waals surface area contributed by atoms with Crippen molar-refractivity contribution in [3.05, 3.63) is 69.3 Å². The predicted octanol–water partition coefficient (Wildman–Crippen LogP) is 3.12. The first-order valence-corrected chi connectivity index (χ1v) is 8.42. The van der Waals surface area contributed by atoms with Gasteiger partial charge in [0, 0.05) is 42.9 Å². The van der Waals surface area contributed by atoms with E-state index in [0.717, 1.165) is 11.3 Å². The van der Waals surface area contributed by atoms with Gasteiger partial charge < -0.3 is 15.0 Å². The topological polar surface area (TPSA) is 84.7 Å². The van der Waals surface area contributed by atoms with Crippen molar-refractivity contribution in [1.29, 1.82) is 0 Å². The third kappa shape index (κ3) is 4.20. The van der Waals surface area contributed by atoms with Crippen LogP contribution in [0.5, 0.6) is 5.75 Å². The van der Waals surface area contributed by atoms with E-state index in [1.807, 2.05) is 29.2 Å². The van der Waals surface area contributed by atoms with Crippen LogP contribution in [0.4, 0.5) is 5.69 Å². The maximum Gasteiger partial charge on any atom is 0.269 e. The molecule has 27 heavy (non-hydrogen) atoms. The molecule has 1 unspecified atom stereocenters. The number of halogens is 1. The van der Waals surface area contributed by atoms with Crippen LogP contribution in [0.2, 0.25) is 0 Å². The Labute approximate surface area is 163 Å². The van der Waals surface area contributed by atoms with E-state index in [1.165, 1.54) is 18.2 Å². The van der Waals surface area contributed by atoms with Gasteiger partial charge in [-0.1, -0.05) is 18.2 Å². The van der Waals surface area contributed by atoms with Crippen molar-refractivity contribution in [2.24, 2.45) is 0 Å². The number of aryl methyl sites for hydroxylation is 1. The summed E-state index contributed by atoms with van der Waals surface area (Å²) in [5.74, 6) is 0.606. The SMILES string of the molecule is COc1ccccc1C1CNCCN1C(=O)c1ccc([N+](=O)[O-])cc1C.Cl. The first-order valence-electron chi connectivity index (χ1n) is 8.42. The summed E-state index contributed by atoms with van der Waals surface area (Å²) in [5.41, 5.74) is 2.01. The Morgan fingerprint density at radius 2 is 2.04 bits per heavy atom. The average Bonchev–Trinajstić information content (AvgIpc) is 2.67. The molecular weight excluding hydrogens is 370 g/mol. The highest BCUT2D eigenvalue weighted by molar-refractivity contribution is 5.96. The number of amides is 1. The van der Waals surface area contributed by atoms with Gasteiger partial charge in [0.15, 0.2) is 0 Å². The van der Waals surface area contributed by atoms with Crippen LogP contribution in [-0.4, -0.2) is 42.5 Å². The Morgan fingerprint density at radius 1 is 1.30 bits per heavy atom. The van der Waals surface area contributed by atoms with Gasteiger partial charge in [0.05, 0.1) is 18.1 Å². The van der Waals surface area contributed by atoms with Gasteiger partial charge in [-0.15, -0.1) is 12.4 Å². The largest absolute Gasteiger partial charge is 0.496 e. The molecule has 1 aliphatic heterocycles. The number of hydrogen-bond donors (Lipinski definition) is 1. The fraction of sp³-hybridized carbons (Fsp3) is 0.316. The molecule has 0 aromatic heterocycles. The predicted molar refractivity (Wildman–Crippen MR) is 105 cm³/mol. The zero-order valence-corrected chi connectivity index (χ0v) is 16.0. The third-order valence-electron chi connectivity index (χ3n) is 4.65. The number of carbonyl (C=O) groups excluding carboxylic acids is 1. The summed E-state index contributed by atoms with van der Waals surface area (Å²) in [6, 6.07) is 11.8. The molecule has 0 spiro atoms. The van der Waals surface area contributed by atoms with E-state index in [1.54, 1.807) is 14.0 Å². The number of hydrogen-bond acceptors (Lipinski definition) is 5. The third-order valence-corrected chi connectivity index (χ3v) is 4.65. The molecule has 0 radical (unpaired) electrons. The minimum atomic E-state index is -0.455. The van der Waals surface area contributed by atoms with Crippen LogP contribution < -0.4 is 10.1 Å². The highest BCUT2D eigenvalue weighted by atomic mass is 35.5. The van der Waals surface area contributed by atoms with Crippen LogP contribution in [0.25, 0.3) is 0 Å². The minimum absolute atomic E-state index is 0. The lowest BCUT2D eigenvalue weighted by molar-refractivity contribution is -0.384. The van der Waals surface area contributed by atoms with Gasteiger partial charge in [-0.25, -0.2) is 0 Å². The molecule has 1 fully saturated rings. The Hall–Kier alpha value is -2.64. The molecule has 0 saturated carbocycles. The lowest BCUT2D eigenvalue weighted by atomic mass is 9.99. The van der Waals surface area contributed by atoms with Crippen LogP contribution in [0.1, 0.15) is 27.5 Å². The molecule has 2 aromatic rings. The van der Waals surface area contributed by atoms with Crippen LogP contribution in [0.3, 0.4) is 0 Å². The van der Waals surface area contributed by atoms with E-state index in [0.29, 0.717) is 30.8 Å². The van der Waals surface area contributed by atoms with Crippen LogP contribution in [0.15, 0.2) is 42.5 Å². The fourth-order valence-electron chi connectivity index (χ4n) is 3.32. The number of methoxy groups -OCH3 is 1. The van der Waals surface area contributed by atoms with E-state index in [-0.39, 0.29) is 30.0 Å². The van der Waals surface area contributed by atoms with Gasteiger partial charge in [0.1, 0.15) is 5.75 Å². The molecule has 0 bridgehead atoms. The lowest BCUT2D eigenvalue weighted by Gasteiger charge is -2.37. The van der Waals surface area contributed by atoms with Gasteiger partial charge >= 0.3 is 0 Å². The number of nitro groups is 1. The Balaban J connectivity index is 0.00000261. The number of nitrogens with zero attached hydrogens (tertiary/aromatic N) is 2. The second-order valence-electron chi connectivity index (χ2n) is 6.22. The van der Waals surface area contributed by atoms with Crippen molar-refractivity contribution >= 4 is 24.0 Å². The lowest BCUT2D eigenvalue weighted by Crippen LogP contribution is -2.48. The first-order chi connectivity index (χ1) is 12.5. The van der Waals surface area contributed by atoms with Crippen molar-refractivity contribution < 1.29 is 14.5 Å². The Kier molecular flexibility index (Phi) is 6.76. The van der Waals surface area contributed by atoms with Crippen LogP contribution in [0, 0.1) is 17.0 Å². The molecular formula is C19H22ClN3O4. The van der Waals surface area contributed by atoms with E-state index in [4.69, 9.17) is 4.74 Å². The van der Waals surface area contributed by atoms with Crippen molar-refractivity contribution in [3.8, 4) is 5.75 Å². The van der Waals surface area contributed by atoms with Crippen molar-refractivity contribution in [2.45, 2.75) is 13.0 Å². The maximum atomic E-state index is 13.2. The number of nitrogens with one attached hydrogen (secondary N) is 1. The summed E-state index contributed by atoms with van der Waals surface area (Å²) in [4.78, 5) is 25.5. The van der Waals surface area contributed by atoms with E-state index >= 15 is 0 Å². The Morgan fingerprint density at radius 3 is 2.70 bits per heavy atom. The minimum Gasteiger partial charge on any atom is -0.496 e. The van der Waals surface area contributed by atoms with Crippen LogP contribution >= 0.6 is 12.4 Å². The van der Waals surface area contributed by atoms with Gasteiger partial charge in [-0.05, 0) is 24.6 Å². The van der Waals surface area contributed by atoms with Gasteiger partial charge in [-0.3, -0.25) is 14.9 Å². The van der Waals surface area contributed by atoms with Crippen molar-refractivity contribution in [3.63, 3.8) is 0 Å². The maximum absolute atomic E-state index is 13.2. The Bertz CT molecular complexity index is 843. The molecule has 1 heterocycles. The molecule has 1 saturated heterocycles. The van der Waals surface area contributed by atoms with Crippen LogP contribution in [-0.2, 0) is 0 Å². The van der Waals surface area contributed by atoms with Gasteiger partial charge in [0.25, 0.3) is 11.6 Å². The molecule has 0 aliphatic carbocycles. The first kappa shape index (κ1) is 20.7. The van der Waals surface area contributed by atoms with Gasteiger partial charge in [-0.2, -0.15) is 0 Å². The summed E-state index contributed by atoms with van der Waals surface area (Å²) >= 11 is 0. The summed E-state index contributed by atoms with van der Waals surface area (Å²) in [5, 5.41) is 14.3. The molecule has 7 nitrogen and oxygen atoms in total. The number of nitro benzene ring substituents is 1. The van der Waals surface area contributed by atoms with E-state index in [9.17, 15) is 14.9 Å². The molecule has 1 atom stereocenters. The quantitative estimate of drug-likeness (QED) is 0.639. The second kappa shape index (κ2) is 8.83. The summed E-state index contributed by atoms with van der Waals surface area (Å²) in [7, 11) is 1.61. The van der Waals surface area contributed by atoms with Crippen molar-refractivity contribution in [2.75, 3.05) is 26.7 Å². The monoisotopic (exact) mass is 391 g/mol. The summed E-state index contributed by atoms with van der Waals surface area (Å²) < 4.78 is 5.46. The number of benzene rings is 2. The average molecular weight is 392 g/mol. The smallest absolute Gasteiger partial charge is 0.269 e. The van der Waals surface area contributed by atoms with Gasteiger partial charge in [0.2, 0.25) is 0 Å². The number of para-hydroxylation sites is 1. The van der Waals surface area contributed by atoms with E-state index in [2.05, 4.69) is 5.32 Å². The molecule has 3 rings (SSSR count). The molecule has 144 valence electrons. The number of carbonyl (C=O) groups is 1. The number of ether oxygens (including phenoxy) is 1.